The van der Waals surface area contributed by atoms with Gasteiger partial charge in [-0.05, 0) is 68.7 Å². The fraction of sp³-hybridized carbons (Fsp3) is 0.258. The summed E-state index contributed by atoms with van der Waals surface area (Å²) in [6.45, 7) is 3.97. The van der Waals surface area contributed by atoms with Crippen molar-refractivity contribution in [2.75, 3.05) is 30.3 Å². The summed E-state index contributed by atoms with van der Waals surface area (Å²) >= 11 is 6.67. The summed E-state index contributed by atoms with van der Waals surface area (Å²) in [6.07, 6.45) is 7.76. The molecule has 1 atom stereocenters. The van der Waals surface area contributed by atoms with Crippen LogP contribution in [0.1, 0.15) is 42.1 Å². The Morgan fingerprint density at radius 2 is 1.77 bits per heavy atom. The van der Waals surface area contributed by atoms with Crippen molar-refractivity contribution >= 4 is 39.6 Å². The van der Waals surface area contributed by atoms with Crippen LogP contribution in [-0.2, 0) is 6.54 Å². The predicted octanol–water partition coefficient (Wildman–Crippen LogP) is 6.59. The number of likely N-dealkylation sites (tertiary alicyclic amines) is 1. The Hall–Kier alpha value is -4.73. The van der Waals surface area contributed by atoms with Crippen LogP contribution in [0, 0.1) is 28.9 Å². The largest absolute Gasteiger partial charge is 0.373 e. The highest BCUT2D eigenvalue weighted by Crippen LogP contribution is 2.36. The molecule has 5 aromatic rings. The van der Waals surface area contributed by atoms with Gasteiger partial charge in [0.15, 0.2) is 5.82 Å². The van der Waals surface area contributed by atoms with Crippen LogP contribution < -0.4 is 10.6 Å². The quantitative estimate of drug-likeness (QED) is 0.169. The van der Waals surface area contributed by atoms with Gasteiger partial charge < -0.3 is 15.5 Å². The standard InChI is InChI=1S/C31H27ClF3N9/c32-25-13-22(12-24-28(20(15-36)16-37-30(24)25)40-23-14-26(34)31(35)38-17-23)39-29(19-4-6-21(33)7-5-19)27-18-44(42-41-27)11-3-10-43-8-1-2-9-43/h4-7,12-14,16-18,29,39H,1-3,8-11H2,(H,37,40)/t29-/m0/s1. The van der Waals surface area contributed by atoms with Crippen LogP contribution in [0.4, 0.5) is 30.2 Å². The molecule has 4 heterocycles. The van der Waals surface area contributed by atoms with Gasteiger partial charge in [-0.3, -0.25) is 9.67 Å². The summed E-state index contributed by atoms with van der Waals surface area (Å²) in [6, 6.07) is 12.0. The minimum absolute atomic E-state index is 0.132. The van der Waals surface area contributed by atoms with Crippen LogP contribution in [0.25, 0.3) is 10.9 Å². The van der Waals surface area contributed by atoms with Gasteiger partial charge in [0, 0.05) is 29.9 Å². The summed E-state index contributed by atoms with van der Waals surface area (Å²) in [7, 11) is 0. The molecular formula is C31H27ClF3N9. The molecule has 0 bridgehead atoms. The molecule has 44 heavy (non-hydrogen) atoms. The number of benzene rings is 2. The van der Waals surface area contributed by atoms with Crippen LogP contribution in [0.15, 0.2) is 61.1 Å². The molecular weight excluding hydrogens is 591 g/mol. The van der Waals surface area contributed by atoms with Gasteiger partial charge in [-0.1, -0.05) is 28.9 Å². The van der Waals surface area contributed by atoms with Crippen molar-refractivity contribution in [3.63, 3.8) is 0 Å². The highest BCUT2D eigenvalue weighted by Gasteiger charge is 2.21. The summed E-state index contributed by atoms with van der Waals surface area (Å²) in [5, 5.41) is 25.7. The van der Waals surface area contributed by atoms with E-state index in [2.05, 4.69) is 41.9 Å². The second-order valence-electron chi connectivity index (χ2n) is 10.6. The zero-order chi connectivity index (χ0) is 30.6. The topological polar surface area (TPSA) is 108 Å². The molecule has 1 aliphatic rings. The van der Waals surface area contributed by atoms with E-state index in [0.29, 0.717) is 28.8 Å². The van der Waals surface area contributed by atoms with Gasteiger partial charge in [-0.15, -0.1) is 5.10 Å². The molecule has 6 rings (SSSR count). The molecule has 2 N–H and O–H groups in total. The van der Waals surface area contributed by atoms with E-state index in [1.54, 1.807) is 28.9 Å². The second kappa shape index (κ2) is 12.9. The number of nitrogens with zero attached hydrogens (tertiary/aromatic N) is 7. The molecule has 224 valence electrons. The van der Waals surface area contributed by atoms with Crippen LogP contribution in [0.3, 0.4) is 0 Å². The summed E-state index contributed by atoms with van der Waals surface area (Å²) in [5.74, 6) is -2.75. The Bertz CT molecular complexity index is 1830. The number of hydrogen-bond donors (Lipinski definition) is 2. The number of fused-ring (bicyclic) bond motifs is 1. The third-order valence-corrected chi connectivity index (χ3v) is 7.83. The van der Waals surface area contributed by atoms with E-state index in [0.717, 1.165) is 43.9 Å². The molecule has 0 unspecified atom stereocenters. The molecule has 0 aliphatic carbocycles. The number of nitriles is 1. The predicted molar refractivity (Wildman–Crippen MR) is 161 cm³/mol. The number of aryl methyl sites for hydroxylation is 1. The molecule has 13 heteroatoms. The second-order valence-corrected chi connectivity index (χ2v) is 11.0. The lowest BCUT2D eigenvalue weighted by Crippen LogP contribution is -2.21. The zero-order valence-electron chi connectivity index (χ0n) is 23.4. The molecule has 0 saturated carbocycles. The summed E-state index contributed by atoms with van der Waals surface area (Å²) in [4.78, 5) is 10.2. The normalized spacial score (nSPS) is 14.1. The molecule has 1 aliphatic heterocycles. The third kappa shape index (κ3) is 6.44. The highest BCUT2D eigenvalue weighted by molar-refractivity contribution is 6.36. The molecule has 2 aromatic carbocycles. The monoisotopic (exact) mass is 617 g/mol. The summed E-state index contributed by atoms with van der Waals surface area (Å²) in [5.41, 5.74) is 2.86. The Kier molecular flexibility index (Phi) is 8.58. The van der Waals surface area contributed by atoms with E-state index in [9.17, 15) is 18.4 Å². The van der Waals surface area contributed by atoms with Gasteiger partial charge in [0.05, 0.1) is 45.9 Å². The van der Waals surface area contributed by atoms with Gasteiger partial charge in [0.1, 0.15) is 17.6 Å². The molecule has 3 aromatic heterocycles. The van der Waals surface area contributed by atoms with Crippen molar-refractivity contribution in [1.29, 1.82) is 5.26 Å². The van der Waals surface area contributed by atoms with Crippen LogP contribution in [0.2, 0.25) is 5.02 Å². The average Bonchev–Trinajstić information content (AvgIpc) is 3.71. The third-order valence-electron chi connectivity index (χ3n) is 7.54. The van der Waals surface area contributed by atoms with E-state index in [4.69, 9.17) is 11.6 Å². The van der Waals surface area contributed by atoms with Crippen molar-refractivity contribution in [2.45, 2.75) is 31.8 Å². The number of anilines is 3. The maximum absolute atomic E-state index is 13.9. The smallest absolute Gasteiger partial charge is 0.249 e. The number of nitrogens with one attached hydrogen (secondary N) is 2. The zero-order valence-corrected chi connectivity index (χ0v) is 24.2. The van der Waals surface area contributed by atoms with E-state index >= 15 is 0 Å². The minimum atomic E-state index is -1.24. The maximum Gasteiger partial charge on any atom is 0.249 e. The average molecular weight is 618 g/mol. The van der Waals surface area contributed by atoms with Gasteiger partial charge in [-0.25, -0.2) is 13.8 Å². The number of pyridine rings is 2. The molecule has 0 spiro atoms. The van der Waals surface area contributed by atoms with Crippen molar-refractivity contribution in [3.8, 4) is 6.07 Å². The number of halogens is 4. The van der Waals surface area contributed by atoms with Gasteiger partial charge in [0.2, 0.25) is 5.95 Å². The van der Waals surface area contributed by atoms with Gasteiger partial charge >= 0.3 is 0 Å². The Morgan fingerprint density at radius 1 is 0.977 bits per heavy atom. The van der Waals surface area contributed by atoms with Crippen molar-refractivity contribution in [1.82, 2.24) is 29.9 Å². The van der Waals surface area contributed by atoms with Crippen molar-refractivity contribution < 1.29 is 13.2 Å². The van der Waals surface area contributed by atoms with Gasteiger partial charge in [-0.2, -0.15) is 9.65 Å². The number of hydrogen-bond acceptors (Lipinski definition) is 8. The fourth-order valence-electron chi connectivity index (χ4n) is 5.36. The van der Waals surface area contributed by atoms with Crippen molar-refractivity contribution in [3.05, 3.63) is 100 Å². The lowest BCUT2D eigenvalue weighted by atomic mass is 10.0. The van der Waals surface area contributed by atoms with E-state index in [1.807, 2.05) is 6.20 Å². The van der Waals surface area contributed by atoms with E-state index < -0.39 is 17.8 Å². The molecule has 1 saturated heterocycles. The molecule has 0 radical (unpaired) electrons. The van der Waals surface area contributed by atoms with Crippen molar-refractivity contribution in [2.24, 2.45) is 0 Å². The first-order valence-electron chi connectivity index (χ1n) is 14.1. The minimum Gasteiger partial charge on any atom is -0.373 e. The first kappa shape index (κ1) is 29.3. The Morgan fingerprint density at radius 3 is 2.52 bits per heavy atom. The van der Waals surface area contributed by atoms with Crippen LogP contribution >= 0.6 is 11.6 Å². The Balaban J connectivity index is 1.33. The lowest BCUT2D eigenvalue weighted by Gasteiger charge is -2.20. The summed E-state index contributed by atoms with van der Waals surface area (Å²) < 4.78 is 43.0. The van der Waals surface area contributed by atoms with E-state index in [-0.39, 0.29) is 27.8 Å². The SMILES string of the molecule is N#Cc1cnc2c(Cl)cc(N[C@@H](c3ccc(F)cc3)c3cn(CCCN4CCCC4)nn3)cc2c1Nc1cnc(F)c(F)c1. The first-order chi connectivity index (χ1) is 21.4. The number of aromatic nitrogens is 5. The number of rotatable bonds is 10. The van der Waals surface area contributed by atoms with E-state index in [1.165, 1.54) is 31.2 Å². The maximum atomic E-state index is 13.9. The lowest BCUT2D eigenvalue weighted by molar-refractivity contribution is 0.321. The molecule has 9 nitrogen and oxygen atoms in total. The molecule has 0 amide bonds. The molecule has 1 fully saturated rings. The highest BCUT2D eigenvalue weighted by atomic mass is 35.5. The van der Waals surface area contributed by atoms with Crippen LogP contribution in [-0.4, -0.2) is 49.5 Å². The first-order valence-corrected chi connectivity index (χ1v) is 14.5. The van der Waals surface area contributed by atoms with Gasteiger partial charge in [0.25, 0.3) is 0 Å². The fourth-order valence-corrected chi connectivity index (χ4v) is 5.63. The van der Waals surface area contributed by atoms with Crippen LogP contribution in [0.5, 0.6) is 0 Å². The Labute approximate surface area is 256 Å².